The van der Waals surface area contributed by atoms with Gasteiger partial charge >= 0.3 is 0 Å². The Morgan fingerprint density at radius 1 is 0.500 bits per heavy atom. The number of benzene rings is 7. The molecule has 0 N–H and O–H groups in total. The van der Waals surface area contributed by atoms with E-state index in [1.165, 1.54) is 59.6 Å². The van der Waals surface area contributed by atoms with Gasteiger partial charge in [-0.2, -0.15) is 5.26 Å². The summed E-state index contributed by atoms with van der Waals surface area (Å²) in [7, 11) is 0. The van der Waals surface area contributed by atoms with Crippen LogP contribution in [-0.2, 0) is 0 Å². The van der Waals surface area contributed by atoms with E-state index in [0.29, 0.717) is 11.5 Å². The normalized spacial score (nSPS) is 12.1. The number of rotatable bonds is 2. The summed E-state index contributed by atoms with van der Waals surface area (Å²) in [5.74, 6) is 0.617. The Balaban J connectivity index is 1.40. The number of nitrogens with zero attached hydrogens (tertiary/aromatic N) is 5. The van der Waals surface area contributed by atoms with Crippen molar-refractivity contribution in [2.75, 3.05) is 0 Å². The molecule has 0 amide bonds. The molecule has 0 aliphatic rings. The van der Waals surface area contributed by atoms with Crippen molar-refractivity contribution in [1.82, 2.24) is 18.9 Å². The minimum atomic E-state index is 0.617. The van der Waals surface area contributed by atoms with E-state index in [1.807, 2.05) is 36.4 Å². The van der Waals surface area contributed by atoms with Gasteiger partial charge in [0.2, 0.25) is 5.95 Å². The molecular weight excluding hydrogens is 587 g/mol. The van der Waals surface area contributed by atoms with E-state index in [0.717, 1.165) is 33.2 Å². The number of hydrogen-bond donors (Lipinski definition) is 0. The average molecular weight is 610 g/mol. The SMILES string of the molecule is N#Cc1ccc(-c2nc(-n3c4ccc5ccccc5c4c4cc5c6ccccc6n6c7ccccc7c(c43)c56)nc3ccccc23)cc1. The van der Waals surface area contributed by atoms with Crippen molar-refractivity contribution in [3.63, 3.8) is 0 Å². The first-order valence-corrected chi connectivity index (χ1v) is 16.1. The van der Waals surface area contributed by atoms with Gasteiger partial charge in [0.05, 0.1) is 50.4 Å². The van der Waals surface area contributed by atoms with Crippen LogP contribution in [0.1, 0.15) is 5.56 Å². The molecule has 0 saturated heterocycles. The van der Waals surface area contributed by atoms with E-state index >= 15 is 0 Å². The molecule has 11 rings (SSSR count). The number of para-hydroxylation sites is 3. The predicted molar refractivity (Wildman–Crippen MR) is 196 cm³/mol. The van der Waals surface area contributed by atoms with Crippen molar-refractivity contribution < 1.29 is 0 Å². The van der Waals surface area contributed by atoms with Gasteiger partial charge in [-0.25, -0.2) is 9.97 Å². The summed E-state index contributed by atoms with van der Waals surface area (Å²) < 4.78 is 4.72. The maximum Gasteiger partial charge on any atom is 0.235 e. The summed E-state index contributed by atoms with van der Waals surface area (Å²) in [5.41, 5.74) is 9.03. The third-order valence-electron chi connectivity index (χ3n) is 10.1. The van der Waals surface area contributed by atoms with Crippen molar-refractivity contribution in [1.29, 1.82) is 5.26 Å². The summed E-state index contributed by atoms with van der Waals surface area (Å²) in [5, 5.41) is 20.1. The Morgan fingerprint density at radius 3 is 2.00 bits per heavy atom. The number of fused-ring (bicyclic) bond motifs is 13. The predicted octanol–water partition coefficient (Wildman–Crippen LogP) is 10.6. The van der Waals surface area contributed by atoms with Gasteiger partial charge in [-0.05, 0) is 53.2 Å². The lowest BCUT2D eigenvalue weighted by Gasteiger charge is -2.12. The van der Waals surface area contributed by atoms with Crippen LogP contribution < -0.4 is 0 Å². The van der Waals surface area contributed by atoms with Crippen LogP contribution in [0.25, 0.3) is 98.8 Å². The zero-order valence-corrected chi connectivity index (χ0v) is 25.5. The molecule has 4 aromatic heterocycles. The molecule has 0 saturated carbocycles. The van der Waals surface area contributed by atoms with Crippen molar-refractivity contribution in [2.24, 2.45) is 0 Å². The second kappa shape index (κ2) is 9.16. The second-order valence-corrected chi connectivity index (χ2v) is 12.5. The molecule has 0 bridgehead atoms. The zero-order chi connectivity index (χ0) is 31.5. The summed E-state index contributed by atoms with van der Waals surface area (Å²) >= 11 is 0. The van der Waals surface area contributed by atoms with Gasteiger partial charge < -0.3 is 4.40 Å². The van der Waals surface area contributed by atoms with E-state index in [2.05, 4.69) is 118 Å². The van der Waals surface area contributed by atoms with Gasteiger partial charge in [0, 0.05) is 43.3 Å². The van der Waals surface area contributed by atoms with Crippen LogP contribution >= 0.6 is 0 Å². The van der Waals surface area contributed by atoms with E-state index < -0.39 is 0 Å². The van der Waals surface area contributed by atoms with Crippen LogP contribution in [0.15, 0.2) is 140 Å². The Kier molecular flexibility index (Phi) is 4.85. The topological polar surface area (TPSA) is 58.9 Å². The largest absolute Gasteiger partial charge is 0.308 e. The van der Waals surface area contributed by atoms with Crippen molar-refractivity contribution >= 4 is 81.6 Å². The first-order valence-electron chi connectivity index (χ1n) is 16.1. The Bertz CT molecular complexity index is 3170. The van der Waals surface area contributed by atoms with Crippen LogP contribution in [0.2, 0.25) is 0 Å². The zero-order valence-electron chi connectivity index (χ0n) is 25.5. The highest BCUT2D eigenvalue weighted by molar-refractivity contribution is 6.36. The van der Waals surface area contributed by atoms with Crippen LogP contribution in [0, 0.1) is 11.3 Å². The number of hydrogen-bond acceptors (Lipinski definition) is 3. The van der Waals surface area contributed by atoms with Crippen molar-refractivity contribution in [3.05, 3.63) is 145 Å². The second-order valence-electron chi connectivity index (χ2n) is 12.5. The fourth-order valence-electron chi connectivity index (χ4n) is 8.07. The smallest absolute Gasteiger partial charge is 0.235 e. The summed E-state index contributed by atoms with van der Waals surface area (Å²) in [6, 6.07) is 51.0. The van der Waals surface area contributed by atoms with Crippen LogP contribution in [0.5, 0.6) is 0 Å². The van der Waals surface area contributed by atoms with E-state index in [-0.39, 0.29) is 0 Å². The van der Waals surface area contributed by atoms with Crippen LogP contribution in [0.3, 0.4) is 0 Å². The van der Waals surface area contributed by atoms with Gasteiger partial charge in [-0.3, -0.25) is 4.57 Å². The highest BCUT2D eigenvalue weighted by atomic mass is 15.2. The average Bonchev–Trinajstić information content (AvgIpc) is 3.79. The lowest BCUT2D eigenvalue weighted by molar-refractivity contribution is 1.02. The van der Waals surface area contributed by atoms with Gasteiger partial charge in [0.15, 0.2) is 0 Å². The highest BCUT2D eigenvalue weighted by Gasteiger charge is 2.26. The molecule has 0 radical (unpaired) electrons. The minimum absolute atomic E-state index is 0.617. The summed E-state index contributed by atoms with van der Waals surface area (Å²) in [4.78, 5) is 10.7. The van der Waals surface area contributed by atoms with E-state index in [9.17, 15) is 5.26 Å². The Morgan fingerprint density at radius 2 is 1.19 bits per heavy atom. The Hall–Kier alpha value is -6.77. The van der Waals surface area contributed by atoms with Gasteiger partial charge in [-0.1, -0.05) is 97.1 Å². The molecule has 0 unspecified atom stereocenters. The van der Waals surface area contributed by atoms with Crippen molar-refractivity contribution in [3.8, 4) is 23.3 Å². The molecule has 5 nitrogen and oxygen atoms in total. The molecular formula is C43H23N5. The summed E-state index contributed by atoms with van der Waals surface area (Å²) in [6.45, 7) is 0. The molecule has 11 aromatic rings. The van der Waals surface area contributed by atoms with Gasteiger partial charge in [0.25, 0.3) is 0 Å². The first-order chi connectivity index (χ1) is 23.8. The molecule has 0 aliphatic heterocycles. The summed E-state index contributed by atoms with van der Waals surface area (Å²) in [6.07, 6.45) is 0. The van der Waals surface area contributed by atoms with Crippen LogP contribution in [0.4, 0.5) is 0 Å². The van der Waals surface area contributed by atoms with E-state index in [1.54, 1.807) is 0 Å². The van der Waals surface area contributed by atoms with E-state index in [4.69, 9.17) is 9.97 Å². The molecule has 5 heteroatoms. The quantitative estimate of drug-likeness (QED) is 0.196. The fraction of sp³-hybridized carbons (Fsp3) is 0. The molecule has 0 aliphatic carbocycles. The molecule has 0 spiro atoms. The third-order valence-corrected chi connectivity index (χ3v) is 10.1. The molecule has 7 aromatic carbocycles. The molecule has 0 fully saturated rings. The molecule has 4 heterocycles. The minimum Gasteiger partial charge on any atom is -0.308 e. The third kappa shape index (κ3) is 3.18. The number of aromatic nitrogens is 4. The lowest BCUT2D eigenvalue weighted by atomic mass is 10.0. The number of nitriles is 1. The fourth-order valence-corrected chi connectivity index (χ4v) is 8.07. The van der Waals surface area contributed by atoms with Crippen molar-refractivity contribution in [2.45, 2.75) is 0 Å². The lowest BCUT2D eigenvalue weighted by Crippen LogP contribution is -2.03. The van der Waals surface area contributed by atoms with Gasteiger partial charge in [-0.15, -0.1) is 0 Å². The van der Waals surface area contributed by atoms with Gasteiger partial charge in [0.1, 0.15) is 0 Å². The molecule has 220 valence electrons. The maximum atomic E-state index is 9.48. The first kappa shape index (κ1) is 25.4. The molecule has 48 heavy (non-hydrogen) atoms. The monoisotopic (exact) mass is 609 g/mol. The Labute approximate surface area is 273 Å². The maximum absolute atomic E-state index is 9.48. The highest BCUT2D eigenvalue weighted by Crippen LogP contribution is 2.47. The molecule has 0 atom stereocenters. The van der Waals surface area contributed by atoms with Crippen LogP contribution in [-0.4, -0.2) is 18.9 Å². The standard InChI is InChI=1S/C43H23N5/c44-24-25-17-19-27(20-18-25)40-30-12-3-6-14-34(30)45-43(46-40)48-37-22-21-26-9-1-2-10-28(26)38(37)33-23-32-29-11-4-7-15-35(29)47-36-16-8-5-13-31(36)39(41(32)47)42(33)48/h1-23H.